The molecule has 7 heteroatoms. The molecule has 0 saturated carbocycles. The number of benzene rings is 4. The van der Waals surface area contributed by atoms with Crippen LogP contribution in [0.5, 0.6) is 0 Å². The number of rotatable bonds is 10. The minimum atomic E-state index is -0.187. The molecule has 44 heavy (non-hydrogen) atoms. The number of carbonyl (C=O) groups excluding carboxylic acids is 2. The summed E-state index contributed by atoms with van der Waals surface area (Å²) in [7, 11) is 0. The van der Waals surface area contributed by atoms with Gasteiger partial charge < -0.3 is 20.3 Å². The highest BCUT2D eigenvalue weighted by molar-refractivity contribution is 6.13. The zero-order valence-electron chi connectivity index (χ0n) is 25.3. The van der Waals surface area contributed by atoms with Crippen molar-refractivity contribution in [1.82, 2.24) is 10.2 Å². The highest BCUT2D eigenvalue weighted by Crippen LogP contribution is 2.31. The molecule has 2 amide bonds. The van der Waals surface area contributed by atoms with Crippen molar-refractivity contribution in [3.05, 3.63) is 108 Å². The molecule has 0 spiro atoms. The molecule has 4 aromatic rings. The Kier molecular flexibility index (Phi) is 9.85. The van der Waals surface area contributed by atoms with Gasteiger partial charge in [0, 0.05) is 49.7 Å². The van der Waals surface area contributed by atoms with E-state index in [1.807, 2.05) is 60.7 Å². The molecule has 0 aromatic heterocycles. The van der Waals surface area contributed by atoms with Crippen molar-refractivity contribution in [2.24, 2.45) is 5.92 Å². The van der Waals surface area contributed by atoms with Crippen molar-refractivity contribution < 1.29 is 14.3 Å². The van der Waals surface area contributed by atoms with Gasteiger partial charge in [0.1, 0.15) is 0 Å². The molecule has 2 aliphatic heterocycles. The summed E-state index contributed by atoms with van der Waals surface area (Å²) in [5.41, 5.74) is 4.14. The molecule has 6 rings (SSSR count). The fourth-order valence-corrected chi connectivity index (χ4v) is 6.44. The van der Waals surface area contributed by atoms with Crippen LogP contribution in [0.2, 0.25) is 0 Å². The van der Waals surface area contributed by atoms with Gasteiger partial charge in [-0.3, -0.25) is 14.5 Å². The third kappa shape index (κ3) is 7.47. The standard InChI is InChI=1S/C37H42N4O3/c42-36(38-18-7-19-40-22-24-44-25-23-40)34-27-31(39-37(43)33-13-6-11-30-10-4-5-12-32(30)33)14-15-35(34)41-20-16-29(17-21-41)26-28-8-2-1-3-9-28/h1-6,8-15,27,29H,7,16-26H2,(H,38,42)(H,39,43). The first kappa shape index (κ1) is 29.9. The maximum absolute atomic E-state index is 13.7. The van der Waals surface area contributed by atoms with Crippen LogP contribution >= 0.6 is 0 Å². The monoisotopic (exact) mass is 590 g/mol. The lowest BCUT2D eigenvalue weighted by Crippen LogP contribution is -2.38. The van der Waals surface area contributed by atoms with Crippen molar-refractivity contribution >= 4 is 34.0 Å². The van der Waals surface area contributed by atoms with E-state index in [9.17, 15) is 9.59 Å². The smallest absolute Gasteiger partial charge is 0.256 e. The topological polar surface area (TPSA) is 73.9 Å². The molecule has 0 radical (unpaired) electrons. The van der Waals surface area contributed by atoms with Gasteiger partial charge in [-0.2, -0.15) is 0 Å². The molecule has 0 aliphatic carbocycles. The second-order valence-electron chi connectivity index (χ2n) is 11.9. The van der Waals surface area contributed by atoms with E-state index in [2.05, 4.69) is 50.8 Å². The number of ether oxygens (including phenoxy) is 1. The van der Waals surface area contributed by atoms with Crippen molar-refractivity contribution in [2.75, 3.05) is 62.7 Å². The molecule has 2 heterocycles. The van der Waals surface area contributed by atoms with E-state index >= 15 is 0 Å². The van der Waals surface area contributed by atoms with Gasteiger partial charge in [0.2, 0.25) is 0 Å². The van der Waals surface area contributed by atoms with Crippen LogP contribution in [0.4, 0.5) is 11.4 Å². The van der Waals surface area contributed by atoms with E-state index in [1.54, 1.807) is 0 Å². The van der Waals surface area contributed by atoms with Gasteiger partial charge in [-0.15, -0.1) is 0 Å². The Morgan fingerprint density at radius 2 is 1.52 bits per heavy atom. The number of fused-ring (bicyclic) bond motifs is 1. The maximum Gasteiger partial charge on any atom is 0.256 e. The van der Waals surface area contributed by atoms with Gasteiger partial charge >= 0.3 is 0 Å². The summed E-state index contributed by atoms with van der Waals surface area (Å²) in [6.45, 7) is 6.76. The second kappa shape index (κ2) is 14.5. The number of hydrogen-bond acceptors (Lipinski definition) is 5. The zero-order valence-corrected chi connectivity index (χ0v) is 25.3. The van der Waals surface area contributed by atoms with E-state index < -0.39 is 0 Å². The van der Waals surface area contributed by atoms with Gasteiger partial charge in [0.25, 0.3) is 11.8 Å². The highest BCUT2D eigenvalue weighted by Gasteiger charge is 2.24. The summed E-state index contributed by atoms with van der Waals surface area (Å²) in [5, 5.41) is 8.14. The molecule has 2 saturated heterocycles. The minimum Gasteiger partial charge on any atom is -0.379 e. The van der Waals surface area contributed by atoms with Gasteiger partial charge in [0.15, 0.2) is 0 Å². The minimum absolute atomic E-state index is 0.102. The predicted octanol–water partition coefficient (Wildman–Crippen LogP) is 6.00. The third-order valence-electron chi connectivity index (χ3n) is 8.90. The van der Waals surface area contributed by atoms with E-state index in [1.165, 1.54) is 5.56 Å². The van der Waals surface area contributed by atoms with Gasteiger partial charge in [-0.05, 0) is 78.7 Å². The van der Waals surface area contributed by atoms with Crippen molar-refractivity contribution in [1.29, 1.82) is 0 Å². The fourth-order valence-electron chi connectivity index (χ4n) is 6.44. The van der Waals surface area contributed by atoms with E-state index in [0.29, 0.717) is 29.3 Å². The van der Waals surface area contributed by atoms with Gasteiger partial charge in [-0.25, -0.2) is 0 Å². The van der Waals surface area contributed by atoms with Crippen molar-refractivity contribution in [2.45, 2.75) is 25.7 Å². The van der Waals surface area contributed by atoms with E-state index in [0.717, 1.165) is 88.1 Å². The molecular weight excluding hydrogens is 548 g/mol. The molecule has 2 fully saturated rings. The maximum atomic E-state index is 13.7. The first-order valence-electron chi connectivity index (χ1n) is 15.9. The van der Waals surface area contributed by atoms with Crippen molar-refractivity contribution in [3.8, 4) is 0 Å². The molecule has 0 atom stereocenters. The predicted molar refractivity (Wildman–Crippen MR) is 178 cm³/mol. The molecule has 0 unspecified atom stereocenters. The second-order valence-corrected chi connectivity index (χ2v) is 11.9. The highest BCUT2D eigenvalue weighted by atomic mass is 16.5. The molecule has 2 N–H and O–H groups in total. The number of amides is 2. The Hall–Kier alpha value is -4.20. The Morgan fingerprint density at radius 3 is 2.34 bits per heavy atom. The lowest BCUT2D eigenvalue weighted by molar-refractivity contribution is 0.0374. The molecular formula is C37H42N4O3. The number of carbonyl (C=O) groups is 2. The lowest BCUT2D eigenvalue weighted by Gasteiger charge is -2.35. The average molecular weight is 591 g/mol. The van der Waals surface area contributed by atoms with E-state index in [-0.39, 0.29) is 11.8 Å². The van der Waals surface area contributed by atoms with Crippen LogP contribution in [0.3, 0.4) is 0 Å². The number of morpholine rings is 1. The zero-order chi connectivity index (χ0) is 30.1. The molecule has 7 nitrogen and oxygen atoms in total. The van der Waals surface area contributed by atoms with Crippen LogP contribution in [0.1, 0.15) is 45.5 Å². The summed E-state index contributed by atoms with van der Waals surface area (Å²) >= 11 is 0. The van der Waals surface area contributed by atoms with Crippen LogP contribution in [0.25, 0.3) is 10.8 Å². The summed E-state index contributed by atoms with van der Waals surface area (Å²) < 4.78 is 5.45. The van der Waals surface area contributed by atoms with Crippen LogP contribution in [0, 0.1) is 5.92 Å². The quantitative estimate of drug-likeness (QED) is 0.222. The number of anilines is 2. The first-order valence-corrected chi connectivity index (χ1v) is 15.9. The number of nitrogens with zero attached hydrogens (tertiary/aromatic N) is 2. The first-order chi connectivity index (χ1) is 21.6. The van der Waals surface area contributed by atoms with Crippen LogP contribution in [0.15, 0.2) is 91.0 Å². The largest absolute Gasteiger partial charge is 0.379 e. The molecule has 0 bridgehead atoms. The molecule has 4 aromatic carbocycles. The van der Waals surface area contributed by atoms with Crippen LogP contribution in [-0.2, 0) is 11.2 Å². The number of nitrogens with one attached hydrogen (secondary N) is 2. The molecule has 2 aliphatic rings. The third-order valence-corrected chi connectivity index (χ3v) is 8.90. The Labute approximate surface area is 260 Å². The SMILES string of the molecule is O=C(NCCCN1CCOCC1)c1cc(NC(=O)c2cccc3ccccc23)ccc1N1CCC(Cc2ccccc2)CC1. The normalized spacial score (nSPS) is 16.1. The average Bonchev–Trinajstić information content (AvgIpc) is 3.07. The van der Waals surface area contributed by atoms with Gasteiger partial charge in [0.05, 0.1) is 18.8 Å². The van der Waals surface area contributed by atoms with Crippen LogP contribution in [-0.4, -0.2) is 69.2 Å². The Balaban J connectivity index is 1.16. The number of piperidine rings is 1. The molecule has 228 valence electrons. The summed E-state index contributed by atoms with van der Waals surface area (Å²) in [6.07, 6.45) is 4.12. The summed E-state index contributed by atoms with van der Waals surface area (Å²) in [5.74, 6) is 0.341. The van der Waals surface area contributed by atoms with E-state index in [4.69, 9.17) is 4.74 Å². The Morgan fingerprint density at radius 1 is 0.773 bits per heavy atom. The Bertz CT molecular complexity index is 1550. The van der Waals surface area contributed by atoms with Crippen molar-refractivity contribution in [3.63, 3.8) is 0 Å². The summed E-state index contributed by atoms with van der Waals surface area (Å²) in [4.78, 5) is 31.8. The van der Waals surface area contributed by atoms with Crippen LogP contribution < -0.4 is 15.5 Å². The lowest BCUT2D eigenvalue weighted by atomic mass is 9.89. The van der Waals surface area contributed by atoms with Gasteiger partial charge in [-0.1, -0.05) is 66.7 Å². The summed E-state index contributed by atoms with van der Waals surface area (Å²) in [6, 6.07) is 30.1. The fraction of sp³-hybridized carbons (Fsp3) is 0.351. The number of hydrogen-bond donors (Lipinski definition) is 2.